The summed E-state index contributed by atoms with van der Waals surface area (Å²) in [6.07, 6.45) is 1.42. The van der Waals surface area contributed by atoms with Crippen molar-refractivity contribution in [3.05, 3.63) is 83.8 Å². The van der Waals surface area contributed by atoms with Crippen LogP contribution in [0.2, 0.25) is 0 Å². The van der Waals surface area contributed by atoms with Crippen LogP contribution in [0.1, 0.15) is 26.5 Å². The summed E-state index contributed by atoms with van der Waals surface area (Å²) in [5.41, 5.74) is 1.98. The Bertz CT molecular complexity index is 939. The molecule has 0 radical (unpaired) electrons. The van der Waals surface area contributed by atoms with Crippen LogP contribution in [-0.4, -0.2) is 11.8 Å². The van der Waals surface area contributed by atoms with Gasteiger partial charge in [0, 0.05) is 16.9 Å². The van der Waals surface area contributed by atoms with E-state index in [1.54, 1.807) is 60.7 Å². The summed E-state index contributed by atoms with van der Waals surface area (Å²) in [5.74, 6) is -0.480. The molecule has 0 aliphatic heterocycles. The number of anilines is 2. The highest BCUT2D eigenvalue weighted by Gasteiger charge is 2.10. The smallest absolute Gasteiger partial charge is 0.291 e. The van der Waals surface area contributed by atoms with Crippen LogP contribution in [0.5, 0.6) is 0 Å². The van der Waals surface area contributed by atoms with Crippen molar-refractivity contribution >= 4 is 23.2 Å². The van der Waals surface area contributed by atoms with Crippen molar-refractivity contribution in [1.29, 1.82) is 5.26 Å². The monoisotopic (exact) mass is 331 g/mol. The van der Waals surface area contributed by atoms with Crippen LogP contribution in [0.4, 0.5) is 11.4 Å². The molecular weight excluding hydrogens is 318 g/mol. The molecule has 0 unspecified atom stereocenters. The predicted octanol–water partition coefficient (Wildman–Crippen LogP) is 3.66. The number of nitrogens with zero attached hydrogens (tertiary/aromatic N) is 1. The van der Waals surface area contributed by atoms with Gasteiger partial charge in [-0.25, -0.2) is 0 Å². The Morgan fingerprint density at radius 3 is 2.16 bits per heavy atom. The van der Waals surface area contributed by atoms with E-state index in [0.29, 0.717) is 22.5 Å². The first kappa shape index (κ1) is 16.0. The summed E-state index contributed by atoms with van der Waals surface area (Å²) >= 11 is 0. The molecule has 0 saturated carbocycles. The van der Waals surface area contributed by atoms with Gasteiger partial charge in [0.25, 0.3) is 11.8 Å². The van der Waals surface area contributed by atoms with E-state index in [-0.39, 0.29) is 17.6 Å². The van der Waals surface area contributed by atoms with E-state index in [2.05, 4.69) is 10.6 Å². The first-order chi connectivity index (χ1) is 12.2. The van der Waals surface area contributed by atoms with Gasteiger partial charge in [-0.2, -0.15) is 5.26 Å². The summed E-state index contributed by atoms with van der Waals surface area (Å²) in [6.45, 7) is 0. The van der Waals surface area contributed by atoms with Gasteiger partial charge in [-0.05, 0) is 54.6 Å². The number of hydrogen-bond acceptors (Lipinski definition) is 4. The van der Waals surface area contributed by atoms with Crippen molar-refractivity contribution in [2.24, 2.45) is 0 Å². The Morgan fingerprint density at radius 2 is 1.56 bits per heavy atom. The molecule has 3 rings (SSSR count). The second kappa shape index (κ2) is 7.15. The zero-order chi connectivity index (χ0) is 17.6. The summed E-state index contributed by atoms with van der Waals surface area (Å²) in [5, 5.41) is 14.2. The molecule has 122 valence electrons. The molecule has 3 aromatic rings. The van der Waals surface area contributed by atoms with Gasteiger partial charge in [0.05, 0.1) is 17.9 Å². The average molecular weight is 331 g/mol. The Kier molecular flexibility index (Phi) is 4.58. The molecule has 0 saturated heterocycles. The van der Waals surface area contributed by atoms with Crippen molar-refractivity contribution in [1.82, 2.24) is 0 Å². The zero-order valence-electron chi connectivity index (χ0n) is 13.0. The molecule has 0 spiro atoms. The van der Waals surface area contributed by atoms with Crippen molar-refractivity contribution in [3.63, 3.8) is 0 Å². The SMILES string of the molecule is N#Cc1ccc(C(=O)Nc2cccc(NC(=O)c3ccco3)c2)cc1. The van der Waals surface area contributed by atoms with Crippen LogP contribution in [0, 0.1) is 11.3 Å². The molecule has 6 heteroatoms. The quantitative estimate of drug-likeness (QED) is 0.762. The fourth-order valence-corrected chi connectivity index (χ4v) is 2.17. The lowest BCUT2D eigenvalue weighted by Crippen LogP contribution is -2.13. The highest BCUT2D eigenvalue weighted by atomic mass is 16.3. The largest absolute Gasteiger partial charge is 0.459 e. The lowest BCUT2D eigenvalue weighted by molar-refractivity contribution is 0.0995. The maximum Gasteiger partial charge on any atom is 0.291 e. The minimum Gasteiger partial charge on any atom is -0.459 e. The lowest BCUT2D eigenvalue weighted by atomic mass is 10.1. The number of nitrogens with one attached hydrogen (secondary N) is 2. The van der Waals surface area contributed by atoms with Gasteiger partial charge in [0.1, 0.15) is 0 Å². The number of amides is 2. The maximum absolute atomic E-state index is 12.2. The first-order valence-corrected chi connectivity index (χ1v) is 7.42. The first-order valence-electron chi connectivity index (χ1n) is 7.42. The minimum atomic E-state index is -0.374. The second-order valence-electron chi connectivity index (χ2n) is 5.16. The van der Waals surface area contributed by atoms with Gasteiger partial charge in [0.2, 0.25) is 0 Å². The molecule has 0 fully saturated rings. The number of nitriles is 1. The minimum absolute atomic E-state index is 0.201. The molecule has 0 bridgehead atoms. The van der Waals surface area contributed by atoms with Crippen LogP contribution in [0.15, 0.2) is 71.3 Å². The molecule has 1 heterocycles. The number of rotatable bonds is 4. The molecule has 6 nitrogen and oxygen atoms in total. The Hall–Kier alpha value is -3.85. The van der Waals surface area contributed by atoms with E-state index >= 15 is 0 Å². The number of carbonyl (C=O) groups excluding carboxylic acids is 2. The van der Waals surface area contributed by atoms with E-state index < -0.39 is 0 Å². The standard InChI is InChI=1S/C19H13N3O3/c20-12-13-6-8-14(9-7-13)18(23)21-15-3-1-4-16(11-15)22-19(24)17-5-2-10-25-17/h1-11H,(H,21,23)(H,22,24). The molecule has 2 N–H and O–H groups in total. The third-order valence-corrected chi connectivity index (χ3v) is 3.40. The molecule has 0 atom stereocenters. The van der Waals surface area contributed by atoms with E-state index in [9.17, 15) is 9.59 Å². The lowest BCUT2D eigenvalue weighted by Gasteiger charge is -2.08. The molecule has 2 amide bonds. The molecule has 0 aliphatic carbocycles. The summed E-state index contributed by atoms with van der Waals surface area (Å²) in [7, 11) is 0. The third kappa shape index (κ3) is 3.92. The van der Waals surface area contributed by atoms with Crippen LogP contribution in [0.3, 0.4) is 0 Å². The van der Waals surface area contributed by atoms with Crippen LogP contribution in [0.25, 0.3) is 0 Å². The molecular formula is C19H13N3O3. The van der Waals surface area contributed by atoms with Crippen molar-refractivity contribution in [3.8, 4) is 6.07 Å². The number of hydrogen-bond donors (Lipinski definition) is 2. The van der Waals surface area contributed by atoms with Gasteiger partial charge in [0.15, 0.2) is 5.76 Å². The van der Waals surface area contributed by atoms with Crippen molar-refractivity contribution < 1.29 is 14.0 Å². The fourth-order valence-electron chi connectivity index (χ4n) is 2.17. The summed E-state index contributed by atoms with van der Waals surface area (Å²) in [4.78, 5) is 24.2. The highest BCUT2D eigenvalue weighted by Crippen LogP contribution is 2.17. The Morgan fingerprint density at radius 1 is 0.880 bits per heavy atom. The second-order valence-corrected chi connectivity index (χ2v) is 5.16. The van der Waals surface area contributed by atoms with Crippen molar-refractivity contribution in [2.45, 2.75) is 0 Å². The number of furan rings is 1. The van der Waals surface area contributed by atoms with Crippen LogP contribution in [-0.2, 0) is 0 Å². The summed E-state index contributed by atoms with van der Waals surface area (Å²) < 4.78 is 5.03. The number of benzene rings is 2. The molecule has 25 heavy (non-hydrogen) atoms. The molecule has 1 aromatic heterocycles. The topological polar surface area (TPSA) is 95.1 Å². The number of carbonyl (C=O) groups is 2. The van der Waals surface area contributed by atoms with E-state index in [0.717, 1.165) is 0 Å². The predicted molar refractivity (Wildman–Crippen MR) is 92.2 cm³/mol. The fraction of sp³-hybridized carbons (Fsp3) is 0. The zero-order valence-corrected chi connectivity index (χ0v) is 13.0. The van der Waals surface area contributed by atoms with Gasteiger partial charge in [-0.3, -0.25) is 9.59 Å². The van der Waals surface area contributed by atoms with E-state index in [1.165, 1.54) is 6.26 Å². The van der Waals surface area contributed by atoms with Gasteiger partial charge in [-0.15, -0.1) is 0 Å². The normalized spacial score (nSPS) is 9.88. The van der Waals surface area contributed by atoms with Crippen LogP contribution < -0.4 is 10.6 Å². The third-order valence-electron chi connectivity index (χ3n) is 3.40. The highest BCUT2D eigenvalue weighted by molar-refractivity contribution is 6.05. The molecule has 2 aromatic carbocycles. The van der Waals surface area contributed by atoms with Gasteiger partial charge < -0.3 is 15.1 Å². The van der Waals surface area contributed by atoms with Crippen LogP contribution >= 0.6 is 0 Å². The van der Waals surface area contributed by atoms with Gasteiger partial charge in [-0.1, -0.05) is 6.07 Å². The van der Waals surface area contributed by atoms with Gasteiger partial charge >= 0.3 is 0 Å². The Labute approximate surface area is 143 Å². The Balaban J connectivity index is 1.69. The van der Waals surface area contributed by atoms with E-state index in [4.69, 9.17) is 9.68 Å². The van der Waals surface area contributed by atoms with Crippen molar-refractivity contribution in [2.75, 3.05) is 10.6 Å². The summed E-state index contributed by atoms with van der Waals surface area (Å²) in [6, 6.07) is 18.3. The maximum atomic E-state index is 12.2. The molecule has 0 aliphatic rings. The average Bonchev–Trinajstić information content (AvgIpc) is 3.17. The van der Waals surface area contributed by atoms with E-state index in [1.807, 2.05) is 6.07 Å².